The molecule has 0 spiro atoms. The maximum Gasteiger partial charge on any atom is 0.346 e. The van der Waals surface area contributed by atoms with Gasteiger partial charge >= 0.3 is 5.97 Å². The molecule has 5 heteroatoms. The Kier molecular flexibility index (Phi) is 5.06. The minimum Gasteiger partial charge on any atom is -0.479 e. The molecule has 0 saturated heterocycles. The minimum atomic E-state index is -0.655. The molecule has 0 aliphatic carbocycles. The van der Waals surface area contributed by atoms with Crippen LogP contribution in [0.4, 0.5) is 0 Å². The van der Waals surface area contributed by atoms with E-state index in [1.807, 2.05) is 0 Å². The van der Waals surface area contributed by atoms with E-state index in [2.05, 4.69) is 4.74 Å². The molecule has 2 rings (SSSR count). The zero-order valence-electron chi connectivity index (χ0n) is 11.7. The number of hydrogen-bond donors (Lipinski definition) is 0. The first-order valence-electron chi connectivity index (χ1n) is 6.36. The van der Waals surface area contributed by atoms with Crippen LogP contribution in [-0.4, -0.2) is 19.2 Å². The molecule has 0 N–H and O–H groups in total. The summed E-state index contributed by atoms with van der Waals surface area (Å²) >= 11 is 5.81. The number of halogens is 1. The molecule has 1 atom stereocenters. The van der Waals surface area contributed by atoms with Crippen LogP contribution >= 0.6 is 11.6 Å². The molecule has 0 heterocycles. The number of hydrogen-bond acceptors (Lipinski definition) is 4. The van der Waals surface area contributed by atoms with Crippen LogP contribution in [0, 0.1) is 0 Å². The van der Waals surface area contributed by atoms with Gasteiger partial charge in [0.2, 0.25) is 0 Å². The van der Waals surface area contributed by atoms with Gasteiger partial charge in [0.15, 0.2) is 6.10 Å². The quantitative estimate of drug-likeness (QED) is 0.781. The number of esters is 1. The third-order valence-corrected chi connectivity index (χ3v) is 2.97. The largest absolute Gasteiger partial charge is 0.479 e. The van der Waals surface area contributed by atoms with Gasteiger partial charge in [-0.05, 0) is 55.5 Å². The number of ether oxygens (including phenoxy) is 3. The molecule has 1 unspecified atom stereocenters. The van der Waals surface area contributed by atoms with Gasteiger partial charge in [-0.3, -0.25) is 0 Å². The summed E-state index contributed by atoms with van der Waals surface area (Å²) in [6.07, 6.45) is -0.655. The second-order valence-electron chi connectivity index (χ2n) is 4.31. The van der Waals surface area contributed by atoms with Gasteiger partial charge < -0.3 is 14.2 Å². The van der Waals surface area contributed by atoms with E-state index < -0.39 is 12.1 Å². The Morgan fingerprint density at radius 1 is 0.952 bits per heavy atom. The topological polar surface area (TPSA) is 44.8 Å². The highest BCUT2D eigenvalue weighted by molar-refractivity contribution is 6.30. The van der Waals surface area contributed by atoms with Gasteiger partial charge in [0.25, 0.3) is 0 Å². The first kappa shape index (κ1) is 15.2. The van der Waals surface area contributed by atoms with Crippen molar-refractivity contribution in [1.82, 2.24) is 0 Å². The predicted octanol–water partition coefficient (Wildman–Crippen LogP) is 4.07. The molecular weight excluding hydrogens is 292 g/mol. The molecule has 0 fully saturated rings. The molecule has 0 aromatic heterocycles. The summed E-state index contributed by atoms with van der Waals surface area (Å²) in [6.45, 7) is 1.63. The van der Waals surface area contributed by atoms with Crippen LogP contribution in [0.3, 0.4) is 0 Å². The van der Waals surface area contributed by atoms with Gasteiger partial charge in [-0.2, -0.15) is 0 Å². The molecule has 110 valence electrons. The number of benzene rings is 2. The Bertz CT molecular complexity index is 593. The summed E-state index contributed by atoms with van der Waals surface area (Å²) in [4.78, 5) is 11.3. The number of carbonyl (C=O) groups excluding carboxylic acids is 1. The fraction of sp³-hybridized carbons (Fsp3) is 0.188. The zero-order chi connectivity index (χ0) is 15.2. The summed E-state index contributed by atoms with van der Waals surface area (Å²) in [5.41, 5.74) is 0. The molecule has 0 aliphatic heterocycles. The predicted molar refractivity (Wildman–Crippen MR) is 80.1 cm³/mol. The Morgan fingerprint density at radius 2 is 1.43 bits per heavy atom. The molecule has 2 aromatic carbocycles. The zero-order valence-corrected chi connectivity index (χ0v) is 12.5. The average Bonchev–Trinajstić information content (AvgIpc) is 2.50. The Labute approximate surface area is 128 Å². The molecule has 0 radical (unpaired) electrons. The fourth-order valence-electron chi connectivity index (χ4n) is 1.64. The fourth-order valence-corrected chi connectivity index (χ4v) is 1.77. The first-order valence-corrected chi connectivity index (χ1v) is 6.74. The summed E-state index contributed by atoms with van der Waals surface area (Å²) in [5.74, 6) is 1.50. The Balaban J connectivity index is 1.98. The molecule has 0 bridgehead atoms. The van der Waals surface area contributed by atoms with Crippen molar-refractivity contribution in [1.29, 1.82) is 0 Å². The van der Waals surface area contributed by atoms with E-state index in [1.54, 1.807) is 55.5 Å². The Morgan fingerprint density at radius 3 is 1.95 bits per heavy atom. The van der Waals surface area contributed by atoms with Crippen molar-refractivity contribution in [2.75, 3.05) is 7.11 Å². The maximum atomic E-state index is 11.3. The Hall–Kier alpha value is -2.20. The SMILES string of the molecule is COC(=O)C(C)Oc1ccc(Oc2ccc(Cl)cc2)cc1. The highest BCUT2D eigenvalue weighted by Gasteiger charge is 2.14. The van der Waals surface area contributed by atoms with Crippen molar-refractivity contribution >= 4 is 17.6 Å². The van der Waals surface area contributed by atoms with Crippen LogP contribution < -0.4 is 9.47 Å². The molecule has 21 heavy (non-hydrogen) atoms. The second-order valence-corrected chi connectivity index (χ2v) is 4.75. The smallest absolute Gasteiger partial charge is 0.346 e. The molecule has 0 amide bonds. The van der Waals surface area contributed by atoms with E-state index in [0.717, 1.165) is 0 Å². The van der Waals surface area contributed by atoms with Gasteiger partial charge in [0.05, 0.1) is 7.11 Å². The normalized spacial score (nSPS) is 11.6. The summed E-state index contributed by atoms with van der Waals surface area (Å²) in [7, 11) is 1.32. The van der Waals surface area contributed by atoms with Gasteiger partial charge in [-0.25, -0.2) is 4.79 Å². The molecule has 4 nitrogen and oxygen atoms in total. The van der Waals surface area contributed by atoms with Crippen LogP contribution in [0.2, 0.25) is 5.02 Å². The second kappa shape index (κ2) is 6.99. The molecular formula is C16H15ClO4. The van der Waals surface area contributed by atoms with Gasteiger partial charge in [0, 0.05) is 5.02 Å². The molecule has 0 aliphatic rings. The maximum absolute atomic E-state index is 11.3. The van der Waals surface area contributed by atoms with Crippen LogP contribution in [0.1, 0.15) is 6.92 Å². The average molecular weight is 307 g/mol. The van der Waals surface area contributed by atoms with Crippen LogP contribution in [0.25, 0.3) is 0 Å². The van der Waals surface area contributed by atoms with E-state index in [1.165, 1.54) is 7.11 Å². The highest BCUT2D eigenvalue weighted by Crippen LogP contribution is 2.25. The first-order chi connectivity index (χ1) is 10.1. The standard InChI is InChI=1S/C16H15ClO4/c1-11(16(18)19-2)20-13-7-9-15(10-8-13)21-14-5-3-12(17)4-6-14/h3-11H,1-2H3. The van der Waals surface area contributed by atoms with Crippen molar-refractivity contribution < 1.29 is 19.0 Å². The number of rotatable bonds is 5. The van der Waals surface area contributed by atoms with Gasteiger partial charge in [-0.1, -0.05) is 11.6 Å². The van der Waals surface area contributed by atoms with Crippen LogP contribution in [-0.2, 0) is 9.53 Å². The van der Waals surface area contributed by atoms with E-state index in [4.69, 9.17) is 21.1 Å². The number of carbonyl (C=O) groups is 1. The van der Waals surface area contributed by atoms with E-state index >= 15 is 0 Å². The third kappa shape index (κ3) is 4.39. The monoisotopic (exact) mass is 306 g/mol. The van der Waals surface area contributed by atoms with Crippen LogP contribution in [0.5, 0.6) is 17.2 Å². The lowest BCUT2D eigenvalue weighted by molar-refractivity contribution is -0.147. The van der Waals surface area contributed by atoms with Gasteiger partial charge in [-0.15, -0.1) is 0 Å². The van der Waals surface area contributed by atoms with E-state index in [-0.39, 0.29) is 0 Å². The van der Waals surface area contributed by atoms with Crippen molar-refractivity contribution in [3.05, 3.63) is 53.6 Å². The molecule has 0 saturated carbocycles. The lowest BCUT2D eigenvalue weighted by Crippen LogP contribution is -2.24. The van der Waals surface area contributed by atoms with Crippen molar-refractivity contribution in [3.8, 4) is 17.2 Å². The van der Waals surface area contributed by atoms with Crippen molar-refractivity contribution in [2.45, 2.75) is 13.0 Å². The van der Waals surface area contributed by atoms with Crippen molar-refractivity contribution in [2.24, 2.45) is 0 Å². The van der Waals surface area contributed by atoms with Gasteiger partial charge in [0.1, 0.15) is 17.2 Å². The summed E-state index contributed by atoms with van der Waals surface area (Å²) in [5, 5.41) is 0.655. The third-order valence-electron chi connectivity index (χ3n) is 2.72. The van der Waals surface area contributed by atoms with E-state index in [0.29, 0.717) is 22.3 Å². The minimum absolute atomic E-state index is 0.420. The van der Waals surface area contributed by atoms with E-state index in [9.17, 15) is 4.79 Å². The van der Waals surface area contributed by atoms with Crippen molar-refractivity contribution in [3.63, 3.8) is 0 Å². The lowest BCUT2D eigenvalue weighted by Gasteiger charge is -2.12. The highest BCUT2D eigenvalue weighted by atomic mass is 35.5. The molecule has 2 aromatic rings. The lowest BCUT2D eigenvalue weighted by atomic mass is 10.3. The van der Waals surface area contributed by atoms with Crippen LogP contribution in [0.15, 0.2) is 48.5 Å². The number of methoxy groups -OCH3 is 1. The summed E-state index contributed by atoms with van der Waals surface area (Å²) in [6, 6.07) is 14.0. The summed E-state index contributed by atoms with van der Waals surface area (Å²) < 4.78 is 15.7.